The number of hydrogen-bond donors (Lipinski definition) is 1. The Morgan fingerprint density at radius 1 is 1.31 bits per heavy atom. The van der Waals surface area contributed by atoms with Gasteiger partial charge in [-0.2, -0.15) is 0 Å². The molecule has 0 saturated carbocycles. The highest BCUT2D eigenvalue weighted by molar-refractivity contribution is 5.81. The quantitative estimate of drug-likeness (QED) is 0.706. The van der Waals surface area contributed by atoms with Crippen molar-refractivity contribution in [3.8, 4) is 0 Å². The number of likely N-dealkylation sites (N-methyl/N-ethyl adjacent to an activating group) is 2. The lowest BCUT2D eigenvalue weighted by Crippen LogP contribution is -2.50. The molecular formula is C12H27N3O. The molecule has 0 aromatic rings. The monoisotopic (exact) mass is 229 g/mol. The van der Waals surface area contributed by atoms with Crippen LogP contribution in [0.15, 0.2) is 0 Å². The highest BCUT2D eigenvalue weighted by Crippen LogP contribution is 2.05. The van der Waals surface area contributed by atoms with Crippen molar-refractivity contribution < 1.29 is 4.79 Å². The molecule has 0 saturated heterocycles. The van der Waals surface area contributed by atoms with E-state index in [1.807, 2.05) is 32.8 Å². The summed E-state index contributed by atoms with van der Waals surface area (Å²) in [6.07, 6.45) is 1.72. The number of hydrogen-bond acceptors (Lipinski definition) is 3. The number of carbonyl (C=O) groups excluding carboxylic acids is 1. The van der Waals surface area contributed by atoms with E-state index < -0.39 is 0 Å². The zero-order chi connectivity index (χ0) is 12.7. The molecule has 0 aromatic heterocycles. The summed E-state index contributed by atoms with van der Waals surface area (Å²) in [4.78, 5) is 16.0. The third kappa shape index (κ3) is 4.94. The van der Waals surface area contributed by atoms with E-state index in [-0.39, 0.29) is 18.0 Å². The van der Waals surface area contributed by atoms with Gasteiger partial charge in [-0.3, -0.25) is 4.79 Å². The van der Waals surface area contributed by atoms with Gasteiger partial charge in [-0.15, -0.1) is 0 Å². The SMILES string of the molecule is CCC[C@@H](N)C(=O)N(CC)C(C)CN(C)C. The molecular weight excluding hydrogens is 202 g/mol. The van der Waals surface area contributed by atoms with Crippen molar-refractivity contribution in [1.29, 1.82) is 0 Å². The van der Waals surface area contributed by atoms with Gasteiger partial charge in [-0.1, -0.05) is 13.3 Å². The van der Waals surface area contributed by atoms with Gasteiger partial charge in [0.2, 0.25) is 5.91 Å². The second-order valence-electron chi connectivity index (χ2n) is 4.63. The molecule has 1 unspecified atom stereocenters. The molecule has 4 heteroatoms. The van der Waals surface area contributed by atoms with Crippen molar-refractivity contribution in [3.05, 3.63) is 0 Å². The van der Waals surface area contributed by atoms with E-state index in [0.717, 1.165) is 25.9 Å². The second kappa shape index (κ2) is 7.63. The molecule has 2 N–H and O–H groups in total. The van der Waals surface area contributed by atoms with Crippen LogP contribution in [0.25, 0.3) is 0 Å². The maximum Gasteiger partial charge on any atom is 0.239 e. The third-order valence-corrected chi connectivity index (χ3v) is 2.70. The zero-order valence-corrected chi connectivity index (χ0v) is 11.4. The maximum atomic E-state index is 12.1. The summed E-state index contributed by atoms with van der Waals surface area (Å²) in [5.74, 6) is 0.0821. The van der Waals surface area contributed by atoms with Crippen LogP contribution in [0.1, 0.15) is 33.6 Å². The Hall–Kier alpha value is -0.610. The molecule has 0 heterocycles. The highest BCUT2D eigenvalue weighted by Gasteiger charge is 2.23. The summed E-state index contributed by atoms with van der Waals surface area (Å²) in [7, 11) is 4.03. The predicted molar refractivity (Wildman–Crippen MR) is 68.3 cm³/mol. The Morgan fingerprint density at radius 3 is 2.25 bits per heavy atom. The van der Waals surface area contributed by atoms with Crippen LogP contribution in [0.3, 0.4) is 0 Å². The van der Waals surface area contributed by atoms with Crippen LogP contribution in [-0.2, 0) is 4.79 Å². The summed E-state index contributed by atoms with van der Waals surface area (Å²) in [6, 6.07) is -0.120. The normalized spacial score (nSPS) is 14.9. The first kappa shape index (κ1) is 15.4. The molecule has 4 nitrogen and oxygen atoms in total. The van der Waals surface area contributed by atoms with E-state index in [1.54, 1.807) is 0 Å². The van der Waals surface area contributed by atoms with Crippen LogP contribution < -0.4 is 5.73 Å². The molecule has 0 aliphatic heterocycles. The maximum absolute atomic E-state index is 12.1. The summed E-state index contributed by atoms with van der Waals surface area (Å²) < 4.78 is 0. The standard InChI is InChI=1S/C12H27N3O/c1-6-8-11(13)12(16)15(7-2)10(3)9-14(4)5/h10-11H,6-9,13H2,1-5H3/t10?,11-/m1/s1. The van der Waals surface area contributed by atoms with Crippen molar-refractivity contribution in [1.82, 2.24) is 9.80 Å². The Labute approximate surface area is 99.8 Å². The Morgan fingerprint density at radius 2 is 1.88 bits per heavy atom. The van der Waals surface area contributed by atoms with Gasteiger partial charge in [0.25, 0.3) is 0 Å². The van der Waals surface area contributed by atoms with E-state index in [2.05, 4.69) is 11.8 Å². The minimum atomic E-state index is -0.338. The fourth-order valence-corrected chi connectivity index (χ4v) is 1.96. The van der Waals surface area contributed by atoms with Gasteiger partial charge in [0.1, 0.15) is 0 Å². The first-order valence-corrected chi connectivity index (χ1v) is 6.14. The van der Waals surface area contributed by atoms with E-state index in [4.69, 9.17) is 5.73 Å². The molecule has 16 heavy (non-hydrogen) atoms. The number of rotatable bonds is 7. The van der Waals surface area contributed by atoms with Gasteiger partial charge in [0.15, 0.2) is 0 Å². The number of nitrogens with zero attached hydrogens (tertiary/aromatic N) is 2. The average molecular weight is 229 g/mol. The van der Waals surface area contributed by atoms with Crippen molar-refractivity contribution in [3.63, 3.8) is 0 Å². The molecule has 0 aromatic carbocycles. The molecule has 0 fully saturated rings. The average Bonchev–Trinajstić information content (AvgIpc) is 2.17. The van der Waals surface area contributed by atoms with Gasteiger partial charge in [0, 0.05) is 19.1 Å². The molecule has 96 valence electrons. The molecule has 0 radical (unpaired) electrons. The topological polar surface area (TPSA) is 49.6 Å². The molecule has 0 aliphatic rings. The lowest BCUT2D eigenvalue weighted by atomic mass is 10.1. The largest absolute Gasteiger partial charge is 0.338 e. The first-order chi connectivity index (χ1) is 7.43. The van der Waals surface area contributed by atoms with E-state index in [1.165, 1.54) is 0 Å². The van der Waals surface area contributed by atoms with Crippen molar-refractivity contribution in [2.24, 2.45) is 5.73 Å². The molecule has 2 atom stereocenters. The highest BCUT2D eigenvalue weighted by atomic mass is 16.2. The van der Waals surface area contributed by atoms with Gasteiger partial charge < -0.3 is 15.5 Å². The molecule has 1 amide bonds. The van der Waals surface area contributed by atoms with Crippen molar-refractivity contribution in [2.45, 2.75) is 45.7 Å². The van der Waals surface area contributed by atoms with Crippen LogP contribution >= 0.6 is 0 Å². The van der Waals surface area contributed by atoms with Gasteiger partial charge in [-0.05, 0) is 34.4 Å². The van der Waals surface area contributed by atoms with Crippen molar-refractivity contribution in [2.75, 3.05) is 27.2 Å². The molecule has 0 spiro atoms. The second-order valence-corrected chi connectivity index (χ2v) is 4.63. The van der Waals surface area contributed by atoms with E-state index in [9.17, 15) is 4.79 Å². The third-order valence-electron chi connectivity index (χ3n) is 2.70. The number of nitrogens with two attached hydrogens (primary N) is 1. The fraction of sp³-hybridized carbons (Fsp3) is 0.917. The molecule has 0 bridgehead atoms. The minimum Gasteiger partial charge on any atom is -0.338 e. The zero-order valence-electron chi connectivity index (χ0n) is 11.4. The smallest absolute Gasteiger partial charge is 0.239 e. The summed E-state index contributed by atoms with van der Waals surface area (Å²) in [6.45, 7) is 7.72. The van der Waals surface area contributed by atoms with Crippen LogP contribution in [-0.4, -0.2) is 55.0 Å². The summed E-state index contributed by atoms with van der Waals surface area (Å²) >= 11 is 0. The van der Waals surface area contributed by atoms with Gasteiger partial charge in [-0.25, -0.2) is 0 Å². The first-order valence-electron chi connectivity index (χ1n) is 6.14. The number of carbonyl (C=O) groups is 1. The lowest BCUT2D eigenvalue weighted by Gasteiger charge is -2.32. The van der Waals surface area contributed by atoms with Gasteiger partial charge in [0.05, 0.1) is 6.04 Å². The number of amides is 1. The minimum absolute atomic E-state index is 0.0821. The molecule has 0 aliphatic carbocycles. The molecule has 0 rings (SSSR count). The fourth-order valence-electron chi connectivity index (χ4n) is 1.96. The Kier molecular flexibility index (Phi) is 7.34. The summed E-state index contributed by atoms with van der Waals surface area (Å²) in [5, 5.41) is 0. The van der Waals surface area contributed by atoms with Crippen molar-refractivity contribution >= 4 is 5.91 Å². The van der Waals surface area contributed by atoms with Crippen LogP contribution in [0.5, 0.6) is 0 Å². The predicted octanol–water partition coefficient (Wildman–Crippen LogP) is 0.912. The lowest BCUT2D eigenvalue weighted by molar-refractivity contribution is -0.134. The van der Waals surface area contributed by atoms with Gasteiger partial charge >= 0.3 is 0 Å². The Balaban J connectivity index is 4.41. The van der Waals surface area contributed by atoms with Crippen LogP contribution in [0, 0.1) is 0 Å². The van der Waals surface area contributed by atoms with E-state index in [0.29, 0.717) is 0 Å². The summed E-state index contributed by atoms with van der Waals surface area (Å²) in [5.41, 5.74) is 5.87. The van der Waals surface area contributed by atoms with Crippen LogP contribution in [0.4, 0.5) is 0 Å². The van der Waals surface area contributed by atoms with E-state index >= 15 is 0 Å². The van der Waals surface area contributed by atoms with Crippen LogP contribution in [0.2, 0.25) is 0 Å². The Bertz CT molecular complexity index is 206.